The number of benzene rings is 1. The van der Waals surface area contributed by atoms with Crippen LogP contribution in [0.5, 0.6) is 0 Å². The number of ether oxygens (including phenoxy) is 1. The van der Waals surface area contributed by atoms with Gasteiger partial charge in [-0.1, -0.05) is 6.07 Å². The molecule has 0 saturated heterocycles. The average Bonchev–Trinajstić information content (AvgIpc) is 2.52. The molecule has 5 heteroatoms. The molecule has 5 nitrogen and oxygen atoms in total. The van der Waals surface area contributed by atoms with Crippen LogP contribution in [0.25, 0.3) is 11.1 Å². The van der Waals surface area contributed by atoms with Gasteiger partial charge in [0, 0.05) is 24.8 Å². The number of nitrogens with one attached hydrogen (secondary N) is 1. The van der Waals surface area contributed by atoms with E-state index in [1.165, 1.54) is 0 Å². The molecule has 1 aromatic carbocycles. The van der Waals surface area contributed by atoms with Gasteiger partial charge in [0.2, 0.25) is 0 Å². The Hall–Kier alpha value is -2.27. The van der Waals surface area contributed by atoms with Crippen LogP contribution in [0.2, 0.25) is 0 Å². The molecule has 0 aliphatic carbocycles. The van der Waals surface area contributed by atoms with Gasteiger partial charge in [0.15, 0.2) is 0 Å². The zero-order chi connectivity index (χ0) is 17.9. The molecule has 0 fully saturated rings. The summed E-state index contributed by atoms with van der Waals surface area (Å²) in [5, 5.41) is 3.40. The molecule has 3 N–H and O–H groups in total. The standard InChI is InChI=1S/C19H27N3O2/c1-12(2)24-11-14(4)21-18-9-15(6-7-17(18)20)16-8-13(3)19(23)22(5)10-16/h6-10,12,14,21H,11,20H2,1-5H3/t14-/m1/s1. The Balaban J connectivity index is 2.27. The second kappa shape index (κ2) is 7.53. The van der Waals surface area contributed by atoms with Crippen LogP contribution >= 0.6 is 0 Å². The van der Waals surface area contributed by atoms with Gasteiger partial charge in [0.1, 0.15) is 0 Å². The van der Waals surface area contributed by atoms with Crippen LogP contribution in [-0.4, -0.2) is 23.3 Å². The summed E-state index contributed by atoms with van der Waals surface area (Å²) in [4.78, 5) is 11.9. The van der Waals surface area contributed by atoms with Crippen LogP contribution in [0.1, 0.15) is 26.3 Å². The fourth-order valence-electron chi connectivity index (χ4n) is 2.54. The minimum absolute atomic E-state index is 0.0204. The number of rotatable bonds is 6. The number of pyridine rings is 1. The predicted octanol–water partition coefficient (Wildman–Crippen LogP) is 3.17. The topological polar surface area (TPSA) is 69.3 Å². The van der Waals surface area contributed by atoms with Gasteiger partial charge >= 0.3 is 0 Å². The molecule has 1 aromatic heterocycles. The highest BCUT2D eigenvalue weighted by atomic mass is 16.5. The van der Waals surface area contributed by atoms with E-state index in [2.05, 4.69) is 12.2 Å². The van der Waals surface area contributed by atoms with Crippen molar-refractivity contribution in [1.29, 1.82) is 0 Å². The smallest absolute Gasteiger partial charge is 0.253 e. The molecule has 0 bridgehead atoms. The van der Waals surface area contributed by atoms with Crippen molar-refractivity contribution in [2.75, 3.05) is 17.7 Å². The molecule has 1 atom stereocenters. The van der Waals surface area contributed by atoms with Crippen molar-refractivity contribution in [3.05, 3.63) is 46.4 Å². The zero-order valence-electron chi connectivity index (χ0n) is 15.1. The van der Waals surface area contributed by atoms with E-state index >= 15 is 0 Å². The Morgan fingerprint density at radius 2 is 1.92 bits per heavy atom. The van der Waals surface area contributed by atoms with Gasteiger partial charge in [-0.2, -0.15) is 0 Å². The van der Waals surface area contributed by atoms with Crippen molar-refractivity contribution in [3.63, 3.8) is 0 Å². The summed E-state index contributed by atoms with van der Waals surface area (Å²) in [7, 11) is 1.76. The number of hydrogen-bond donors (Lipinski definition) is 2. The Kier molecular flexibility index (Phi) is 5.67. The van der Waals surface area contributed by atoms with E-state index in [0.717, 1.165) is 22.4 Å². The molecule has 0 unspecified atom stereocenters. The van der Waals surface area contributed by atoms with E-state index in [-0.39, 0.29) is 17.7 Å². The Morgan fingerprint density at radius 3 is 2.54 bits per heavy atom. The highest BCUT2D eigenvalue weighted by Crippen LogP contribution is 2.27. The minimum atomic E-state index is 0.0204. The molecule has 2 rings (SSSR count). The third-order valence-corrected chi connectivity index (χ3v) is 3.83. The quantitative estimate of drug-likeness (QED) is 0.799. The highest BCUT2D eigenvalue weighted by Gasteiger charge is 2.09. The second-order valence-corrected chi connectivity index (χ2v) is 6.56. The fourth-order valence-corrected chi connectivity index (χ4v) is 2.54. The minimum Gasteiger partial charge on any atom is -0.397 e. The number of nitrogen functional groups attached to an aromatic ring is 1. The number of aryl methyl sites for hydroxylation is 2. The van der Waals surface area contributed by atoms with E-state index in [9.17, 15) is 4.79 Å². The van der Waals surface area contributed by atoms with E-state index in [1.807, 2.05) is 51.2 Å². The number of nitrogens with two attached hydrogens (primary N) is 1. The van der Waals surface area contributed by atoms with Crippen LogP contribution in [0.15, 0.2) is 35.3 Å². The van der Waals surface area contributed by atoms with Crippen molar-refractivity contribution in [1.82, 2.24) is 4.57 Å². The summed E-state index contributed by atoms with van der Waals surface area (Å²) < 4.78 is 7.24. The van der Waals surface area contributed by atoms with Crippen LogP contribution in [0.3, 0.4) is 0 Å². The van der Waals surface area contributed by atoms with Crippen LogP contribution in [0.4, 0.5) is 11.4 Å². The zero-order valence-corrected chi connectivity index (χ0v) is 15.1. The van der Waals surface area contributed by atoms with Gasteiger partial charge in [0.05, 0.1) is 24.1 Å². The SMILES string of the molecule is Cc1cc(-c2ccc(N)c(N[C@H](C)COC(C)C)c2)cn(C)c1=O. The van der Waals surface area contributed by atoms with E-state index in [1.54, 1.807) is 11.6 Å². The van der Waals surface area contributed by atoms with Gasteiger partial charge < -0.3 is 20.4 Å². The van der Waals surface area contributed by atoms with Crippen LogP contribution in [0, 0.1) is 6.92 Å². The molecule has 0 saturated carbocycles. The van der Waals surface area contributed by atoms with Crippen molar-refractivity contribution < 1.29 is 4.74 Å². The average molecular weight is 329 g/mol. The molecule has 0 amide bonds. The Morgan fingerprint density at radius 1 is 1.21 bits per heavy atom. The molecule has 1 heterocycles. The lowest BCUT2D eigenvalue weighted by atomic mass is 10.0. The third-order valence-electron chi connectivity index (χ3n) is 3.83. The highest BCUT2D eigenvalue weighted by molar-refractivity contribution is 5.76. The largest absolute Gasteiger partial charge is 0.397 e. The van der Waals surface area contributed by atoms with Gasteiger partial charge in [-0.3, -0.25) is 4.79 Å². The maximum absolute atomic E-state index is 11.9. The van der Waals surface area contributed by atoms with Crippen molar-refractivity contribution in [2.45, 2.75) is 39.8 Å². The summed E-state index contributed by atoms with van der Waals surface area (Å²) in [6, 6.07) is 7.92. The van der Waals surface area contributed by atoms with Gasteiger partial charge in [-0.25, -0.2) is 0 Å². The molecular formula is C19H27N3O2. The Bertz CT molecular complexity index is 739. The fraction of sp³-hybridized carbons (Fsp3) is 0.421. The van der Waals surface area contributed by atoms with Crippen molar-refractivity contribution in [3.8, 4) is 11.1 Å². The van der Waals surface area contributed by atoms with E-state index < -0.39 is 0 Å². The summed E-state index contributed by atoms with van der Waals surface area (Å²) in [6.45, 7) is 8.53. The van der Waals surface area contributed by atoms with Crippen molar-refractivity contribution in [2.24, 2.45) is 7.05 Å². The van der Waals surface area contributed by atoms with Crippen LogP contribution in [-0.2, 0) is 11.8 Å². The third kappa shape index (κ3) is 4.38. The normalized spacial score (nSPS) is 12.4. The van der Waals surface area contributed by atoms with Crippen molar-refractivity contribution >= 4 is 11.4 Å². The molecular weight excluding hydrogens is 302 g/mol. The Labute approximate surface area is 143 Å². The van der Waals surface area contributed by atoms with Gasteiger partial charge in [-0.15, -0.1) is 0 Å². The molecule has 2 aromatic rings. The maximum Gasteiger partial charge on any atom is 0.253 e. The summed E-state index contributed by atoms with van der Waals surface area (Å²) in [5.74, 6) is 0. The molecule has 24 heavy (non-hydrogen) atoms. The van der Waals surface area contributed by atoms with E-state index in [0.29, 0.717) is 12.3 Å². The summed E-state index contributed by atoms with van der Waals surface area (Å²) in [6.07, 6.45) is 2.04. The lowest BCUT2D eigenvalue weighted by Crippen LogP contribution is -2.24. The number of nitrogens with zero attached hydrogens (tertiary/aromatic N) is 1. The lowest BCUT2D eigenvalue weighted by Gasteiger charge is -2.19. The second-order valence-electron chi connectivity index (χ2n) is 6.56. The first kappa shape index (κ1) is 18.1. The van der Waals surface area contributed by atoms with E-state index in [4.69, 9.17) is 10.5 Å². The number of aromatic nitrogens is 1. The molecule has 0 aliphatic rings. The number of anilines is 2. The summed E-state index contributed by atoms with van der Waals surface area (Å²) in [5.41, 5.74) is 10.4. The predicted molar refractivity (Wildman–Crippen MR) is 100 cm³/mol. The first-order chi connectivity index (χ1) is 11.3. The first-order valence-corrected chi connectivity index (χ1v) is 8.23. The molecule has 130 valence electrons. The first-order valence-electron chi connectivity index (χ1n) is 8.23. The molecule has 0 radical (unpaired) electrons. The summed E-state index contributed by atoms with van der Waals surface area (Å²) >= 11 is 0. The lowest BCUT2D eigenvalue weighted by molar-refractivity contribution is 0.0743. The number of hydrogen-bond acceptors (Lipinski definition) is 4. The maximum atomic E-state index is 11.9. The molecule has 0 aliphatic heterocycles. The van der Waals surface area contributed by atoms with Gasteiger partial charge in [-0.05, 0) is 57.0 Å². The van der Waals surface area contributed by atoms with Crippen LogP contribution < -0.4 is 16.6 Å². The molecule has 0 spiro atoms. The van der Waals surface area contributed by atoms with Gasteiger partial charge in [0.25, 0.3) is 5.56 Å². The monoisotopic (exact) mass is 329 g/mol.